The van der Waals surface area contributed by atoms with E-state index in [0.29, 0.717) is 19.3 Å². The van der Waals surface area contributed by atoms with Gasteiger partial charge in [0.2, 0.25) is 0 Å². The van der Waals surface area contributed by atoms with Gasteiger partial charge in [-0.05, 0) is 25.2 Å². The molecular weight excluding hydrogens is 552 g/mol. The molecule has 260 valence electrons. The number of carbonyl (C=O) groups excluding carboxylic acids is 3. The zero-order valence-corrected chi connectivity index (χ0v) is 29.6. The van der Waals surface area contributed by atoms with Gasteiger partial charge in [-0.3, -0.25) is 14.4 Å². The minimum atomic E-state index is -0.754. The quantitative estimate of drug-likeness (QED) is 0.0410. The predicted octanol–water partition coefficient (Wildman–Crippen LogP) is 11.2. The molecule has 6 nitrogen and oxygen atoms in total. The number of hydrogen-bond acceptors (Lipinski definition) is 6. The molecule has 0 radical (unpaired) electrons. The van der Waals surface area contributed by atoms with Crippen LogP contribution in [0.15, 0.2) is 0 Å². The number of carbonyl (C=O) groups is 3. The Labute approximate surface area is 272 Å². The van der Waals surface area contributed by atoms with Gasteiger partial charge in [-0.15, -0.1) is 0 Å². The summed E-state index contributed by atoms with van der Waals surface area (Å²) in [6.45, 7) is 8.80. The first-order valence-corrected chi connectivity index (χ1v) is 18.9. The molecule has 0 aromatic heterocycles. The summed E-state index contributed by atoms with van der Waals surface area (Å²) in [6.07, 6.45) is 28.6. The summed E-state index contributed by atoms with van der Waals surface area (Å²) >= 11 is 0. The third kappa shape index (κ3) is 31.8. The number of hydrogen-bond donors (Lipinski definition) is 0. The fraction of sp³-hybridized carbons (Fsp3) is 0.921. The molecule has 0 N–H and O–H groups in total. The highest BCUT2D eigenvalue weighted by atomic mass is 16.6. The van der Waals surface area contributed by atoms with E-state index >= 15 is 0 Å². The van der Waals surface area contributed by atoms with Crippen LogP contribution in [0.2, 0.25) is 0 Å². The monoisotopic (exact) mass is 625 g/mol. The lowest BCUT2D eigenvalue weighted by Crippen LogP contribution is -2.30. The average molecular weight is 625 g/mol. The van der Waals surface area contributed by atoms with Crippen LogP contribution in [0.25, 0.3) is 0 Å². The fourth-order valence-electron chi connectivity index (χ4n) is 5.39. The highest BCUT2D eigenvalue weighted by molar-refractivity contribution is 5.71. The maximum absolute atomic E-state index is 12.4. The second-order valence-corrected chi connectivity index (χ2v) is 13.3. The molecule has 0 aromatic rings. The Kier molecular flexibility index (Phi) is 31.6. The summed E-state index contributed by atoms with van der Waals surface area (Å²) in [6, 6.07) is 0. The number of rotatable bonds is 33. The molecule has 0 aliphatic carbocycles. The second kappa shape index (κ2) is 32.8. The standard InChI is InChI=1S/C38H72O6/c1-5-7-9-20-25-29-36(39)42-32-35(44-38(41)31-27-21-10-8-6-2)33-43-37(40)30-26-23-19-17-15-13-11-12-14-16-18-22-24-28-34(3)4/h34-35H,5-33H2,1-4H3/t35-/m0/s1. The maximum atomic E-state index is 12.4. The third-order valence-corrected chi connectivity index (χ3v) is 8.29. The topological polar surface area (TPSA) is 78.9 Å². The van der Waals surface area contributed by atoms with Gasteiger partial charge in [0.1, 0.15) is 13.2 Å². The van der Waals surface area contributed by atoms with Crippen LogP contribution in [-0.4, -0.2) is 37.2 Å². The first-order valence-electron chi connectivity index (χ1n) is 18.9. The summed E-state index contributed by atoms with van der Waals surface area (Å²) < 4.78 is 16.4. The van der Waals surface area contributed by atoms with Gasteiger partial charge < -0.3 is 14.2 Å². The van der Waals surface area contributed by atoms with Gasteiger partial charge in [-0.25, -0.2) is 0 Å². The van der Waals surface area contributed by atoms with E-state index in [9.17, 15) is 14.4 Å². The second-order valence-electron chi connectivity index (χ2n) is 13.3. The van der Waals surface area contributed by atoms with Crippen LogP contribution in [0, 0.1) is 5.92 Å². The largest absolute Gasteiger partial charge is 0.462 e. The van der Waals surface area contributed by atoms with Crippen molar-refractivity contribution in [1.82, 2.24) is 0 Å². The van der Waals surface area contributed by atoms with Crippen LogP contribution in [-0.2, 0) is 28.6 Å². The highest BCUT2D eigenvalue weighted by Gasteiger charge is 2.19. The molecule has 1 atom stereocenters. The lowest BCUT2D eigenvalue weighted by atomic mass is 10.0. The lowest BCUT2D eigenvalue weighted by molar-refractivity contribution is -0.167. The summed E-state index contributed by atoms with van der Waals surface area (Å²) in [5, 5.41) is 0. The van der Waals surface area contributed by atoms with E-state index in [1.54, 1.807) is 0 Å². The molecule has 44 heavy (non-hydrogen) atoms. The lowest BCUT2D eigenvalue weighted by Gasteiger charge is -2.18. The molecule has 0 fully saturated rings. The first-order chi connectivity index (χ1) is 21.4. The van der Waals surface area contributed by atoms with Crippen LogP contribution in [0.3, 0.4) is 0 Å². The summed E-state index contributed by atoms with van der Waals surface area (Å²) in [5.41, 5.74) is 0. The van der Waals surface area contributed by atoms with Gasteiger partial charge >= 0.3 is 17.9 Å². The fourth-order valence-corrected chi connectivity index (χ4v) is 5.39. The number of unbranched alkanes of at least 4 members (excludes halogenated alkanes) is 20. The molecule has 0 aliphatic rings. The van der Waals surface area contributed by atoms with Crippen molar-refractivity contribution in [2.75, 3.05) is 13.2 Å². The van der Waals surface area contributed by atoms with Crippen LogP contribution in [0.1, 0.15) is 201 Å². The van der Waals surface area contributed by atoms with Crippen molar-refractivity contribution in [1.29, 1.82) is 0 Å². The Bertz CT molecular complexity index is 662. The molecule has 0 aromatic carbocycles. The minimum Gasteiger partial charge on any atom is -0.462 e. The van der Waals surface area contributed by atoms with Crippen molar-refractivity contribution in [3.8, 4) is 0 Å². The zero-order chi connectivity index (χ0) is 32.5. The molecular formula is C38H72O6. The maximum Gasteiger partial charge on any atom is 0.306 e. The predicted molar refractivity (Wildman–Crippen MR) is 183 cm³/mol. The Hall–Kier alpha value is -1.59. The van der Waals surface area contributed by atoms with Crippen molar-refractivity contribution in [3.63, 3.8) is 0 Å². The minimum absolute atomic E-state index is 0.0673. The van der Waals surface area contributed by atoms with Crippen LogP contribution in [0.4, 0.5) is 0 Å². The summed E-state index contributed by atoms with van der Waals surface area (Å²) in [5.74, 6) is -0.0545. The summed E-state index contributed by atoms with van der Waals surface area (Å²) in [4.78, 5) is 36.9. The Morgan fingerprint density at radius 2 is 0.750 bits per heavy atom. The van der Waals surface area contributed by atoms with Gasteiger partial charge in [0.25, 0.3) is 0 Å². The Morgan fingerprint density at radius 1 is 0.432 bits per heavy atom. The molecule has 0 bridgehead atoms. The van der Waals surface area contributed by atoms with Crippen molar-refractivity contribution in [2.45, 2.75) is 207 Å². The van der Waals surface area contributed by atoms with Gasteiger partial charge in [0.05, 0.1) is 0 Å². The number of esters is 3. The Morgan fingerprint density at radius 3 is 1.11 bits per heavy atom. The molecule has 6 heteroatoms. The summed E-state index contributed by atoms with van der Waals surface area (Å²) in [7, 11) is 0. The van der Waals surface area contributed by atoms with Crippen molar-refractivity contribution in [2.24, 2.45) is 5.92 Å². The molecule has 0 amide bonds. The third-order valence-electron chi connectivity index (χ3n) is 8.29. The average Bonchev–Trinajstić information content (AvgIpc) is 3.00. The van der Waals surface area contributed by atoms with E-state index in [1.165, 1.54) is 83.5 Å². The molecule has 0 heterocycles. The van der Waals surface area contributed by atoms with E-state index in [1.807, 2.05) is 0 Å². The van der Waals surface area contributed by atoms with Gasteiger partial charge in [0, 0.05) is 19.3 Å². The zero-order valence-electron chi connectivity index (χ0n) is 29.6. The van der Waals surface area contributed by atoms with Gasteiger partial charge in [-0.1, -0.05) is 163 Å². The first kappa shape index (κ1) is 42.4. The molecule has 0 aliphatic heterocycles. The van der Waals surface area contributed by atoms with Crippen molar-refractivity contribution < 1.29 is 28.6 Å². The molecule has 0 spiro atoms. The van der Waals surface area contributed by atoms with E-state index in [2.05, 4.69) is 27.7 Å². The van der Waals surface area contributed by atoms with Crippen LogP contribution in [0.5, 0.6) is 0 Å². The highest BCUT2D eigenvalue weighted by Crippen LogP contribution is 2.15. The Balaban J connectivity index is 4.07. The molecule has 0 rings (SSSR count). The van der Waals surface area contributed by atoms with Crippen molar-refractivity contribution >= 4 is 17.9 Å². The number of ether oxygens (including phenoxy) is 3. The van der Waals surface area contributed by atoms with Crippen LogP contribution >= 0.6 is 0 Å². The van der Waals surface area contributed by atoms with E-state index in [4.69, 9.17) is 14.2 Å². The SMILES string of the molecule is CCCCCCCC(=O)OC[C@@H](COC(=O)CCCCCCCCCCCCCCCC(C)C)OC(=O)CCCCCCC. The normalized spacial score (nSPS) is 11.9. The van der Waals surface area contributed by atoms with Gasteiger partial charge in [-0.2, -0.15) is 0 Å². The van der Waals surface area contributed by atoms with E-state index in [0.717, 1.165) is 76.5 Å². The van der Waals surface area contributed by atoms with E-state index < -0.39 is 6.10 Å². The molecule has 0 saturated heterocycles. The molecule has 0 saturated carbocycles. The van der Waals surface area contributed by atoms with Crippen LogP contribution < -0.4 is 0 Å². The van der Waals surface area contributed by atoms with Crippen molar-refractivity contribution in [3.05, 3.63) is 0 Å². The van der Waals surface area contributed by atoms with E-state index in [-0.39, 0.29) is 31.1 Å². The smallest absolute Gasteiger partial charge is 0.306 e. The molecule has 0 unspecified atom stereocenters. The van der Waals surface area contributed by atoms with Gasteiger partial charge in [0.15, 0.2) is 6.10 Å².